The summed E-state index contributed by atoms with van der Waals surface area (Å²) in [6.45, 7) is 4.61. The number of amides is 1. The first-order chi connectivity index (χ1) is 10.3. The third-order valence-corrected chi connectivity index (χ3v) is 3.61. The maximum atomic E-state index is 12.1. The Bertz CT molecular complexity index is 618. The van der Waals surface area contributed by atoms with Crippen LogP contribution < -0.4 is 10.6 Å². The van der Waals surface area contributed by atoms with Crippen LogP contribution in [0.1, 0.15) is 23.4 Å². The summed E-state index contributed by atoms with van der Waals surface area (Å²) < 4.78 is 1.74. The maximum absolute atomic E-state index is 12.1. The van der Waals surface area contributed by atoms with Crippen molar-refractivity contribution in [2.45, 2.75) is 13.3 Å². The molecule has 1 aromatic carbocycles. The third kappa shape index (κ3) is 2.95. The summed E-state index contributed by atoms with van der Waals surface area (Å²) >= 11 is 0. The van der Waals surface area contributed by atoms with Gasteiger partial charge < -0.3 is 10.6 Å². The van der Waals surface area contributed by atoms with Gasteiger partial charge in [-0.15, -0.1) is 5.10 Å². The van der Waals surface area contributed by atoms with Crippen LogP contribution in [0, 0.1) is 5.92 Å². The molecule has 1 aliphatic rings. The molecule has 1 aromatic heterocycles. The molecule has 0 saturated carbocycles. The highest BCUT2D eigenvalue weighted by molar-refractivity contribution is 5.90. The first-order valence-electron chi connectivity index (χ1n) is 7.28. The Labute approximate surface area is 123 Å². The smallest absolute Gasteiger partial charge is 0.290 e. The number of carbonyl (C=O) groups is 1. The average molecular weight is 285 g/mol. The van der Waals surface area contributed by atoms with Gasteiger partial charge in [-0.2, -0.15) is 0 Å². The Balaban J connectivity index is 1.76. The molecule has 0 spiro atoms. The van der Waals surface area contributed by atoms with Crippen LogP contribution in [0.25, 0.3) is 5.69 Å². The van der Waals surface area contributed by atoms with Crippen molar-refractivity contribution in [3.8, 4) is 5.69 Å². The van der Waals surface area contributed by atoms with E-state index in [4.69, 9.17) is 0 Å². The Kier molecular flexibility index (Phi) is 3.96. The fourth-order valence-corrected chi connectivity index (χ4v) is 2.25. The van der Waals surface area contributed by atoms with Crippen molar-refractivity contribution in [3.05, 3.63) is 42.0 Å². The van der Waals surface area contributed by atoms with Gasteiger partial charge in [0.25, 0.3) is 5.91 Å². The first-order valence-corrected chi connectivity index (χ1v) is 7.28. The van der Waals surface area contributed by atoms with E-state index in [0.717, 1.165) is 31.0 Å². The van der Waals surface area contributed by atoms with Crippen LogP contribution in [0.3, 0.4) is 0 Å². The van der Waals surface area contributed by atoms with Gasteiger partial charge in [-0.05, 0) is 12.1 Å². The van der Waals surface area contributed by atoms with Gasteiger partial charge in [-0.25, -0.2) is 9.67 Å². The zero-order chi connectivity index (χ0) is 14.7. The van der Waals surface area contributed by atoms with Crippen LogP contribution in [0.4, 0.5) is 0 Å². The molecule has 0 unspecified atom stereocenters. The van der Waals surface area contributed by atoms with Crippen LogP contribution in [0.15, 0.2) is 30.3 Å². The van der Waals surface area contributed by atoms with Gasteiger partial charge in [-0.3, -0.25) is 4.79 Å². The van der Waals surface area contributed by atoms with E-state index in [1.165, 1.54) is 0 Å². The number of carbonyl (C=O) groups excluding carboxylic acids is 1. The number of benzene rings is 1. The quantitative estimate of drug-likeness (QED) is 0.851. The van der Waals surface area contributed by atoms with E-state index in [1.807, 2.05) is 37.3 Å². The van der Waals surface area contributed by atoms with E-state index in [1.54, 1.807) is 4.68 Å². The van der Waals surface area contributed by atoms with E-state index >= 15 is 0 Å². The molecule has 1 aliphatic heterocycles. The number of para-hydroxylation sites is 1. The zero-order valence-electron chi connectivity index (χ0n) is 12.0. The second-order valence-electron chi connectivity index (χ2n) is 5.19. The minimum absolute atomic E-state index is 0.203. The molecule has 2 N–H and O–H groups in total. The van der Waals surface area contributed by atoms with Crippen molar-refractivity contribution in [3.63, 3.8) is 0 Å². The summed E-state index contributed by atoms with van der Waals surface area (Å²) in [6, 6.07) is 9.75. The van der Waals surface area contributed by atoms with Crippen LogP contribution in [-0.4, -0.2) is 40.3 Å². The molecule has 3 rings (SSSR count). The van der Waals surface area contributed by atoms with Crippen molar-refractivity contribution in [1.29, 1.82) is 0 Å². The van der Waals surface area contributed by atoms with Gasteiger partial charge in [-0.1, -0.05) is 25.1 Å². The minimum Gasteiger partial charge on any atom is -0.349 e. The Morgan fingerprint density at radius 1 is 1.38 bits per heavy atom. The summed E-state index contributed by atoms with van der Waals surface area (Å²) in [5.74, 6) is 1.35. The molecule has 21 heavy (non-hydrogen) atoms. The van der Waals surface area contributed by atoms with Crippen LogP contribution >= 0.6 is 0 Å². The summed E-state index contributed by atoms with van der Waals surface area (Å²) in [4.78, 5) is 16.5. The second-order valence-corrected chi connectivity index (χ2v) is 5.19. The van der Waals surface area contributed by atoms with E-state index in [-0.39, 0.29) is 11.7 Å². The fraction of sp³-hybridized carbons (Fsp3) is 0.400. The third-order valence-electron chi connectivity index (χ3n) is 3.61. The van der Waals surface area contributed by atoms with Crippen molar-refractivity contribution < 1.29 is 4.79 Å². The fourth-order valence-electron chi connectivity index (χ4n) is 2.25. The lowest BCUT2D eigenvalue weighted by Gasteiger charge is -2.26. The lowest BCUT2D eigenvalue weighted by atomic mass is 10.0. The van der Waals surface area contributed by atoms with Crippen molar-refractivity contribution in [2.75, 3.05) is 19.6 Å². The molecule has 0 atom stereocenters. The number of nitrogens with one attached hydrogen (secondary N) is 2. The second kappa shape index (κ2) is 6.05. The van der Waals surface area contributed by atoms with Gasteiger partial charge in [0.15, 0.2) is 0 Å². The largest absolute Gasteiger partial charge is 0.349 e. The van der Waals surface area contributed by atoms with E-state index in [9.17, 15) is 4.79 Å². The normalized spacial score (nSPS) is 14.7. The molecule has 1 fully saturated rings. The van der Waals surface area contributed by atoms with E-state index < -0.39 is 0 Å². The molecule has 1 amide bonds. The molecule has 1 saturated heterocycles. The summed E-state index contributed by atoms with van der Waals surface area (Å²) in [6.07, 6.45) is 0.724. The molecule has 6 nitrogen and oxygen atoms in total. The van der Waals surface area contributed by atoms with Crippen molar-refractivity contribution in [1.82, 2.24) is 25.4 Å². The Morgan fingerprint density at radius 3 is 2.76 bits per heavy atom. The highest BCUT2D eigenvalue weighted by Crippen LogP contribution is 2.10. The van der Waals surface area contributed by atoms with E-state index in [2.05, 4.69) is 20.7 Å². The average Bonchev–Trinajstić information content (AvgIpc) is 2.90. The number of aryl methyl sites for hydroxylation is 1. The highest BCUT2D eigenvalue weighted by atomic mass is 16.2. The molecule has 0 aliphatic carbocycles. The molecule has 0 bridgehead atoms. The van der Waals surface area contributed by atoms with Crippen LogP contribution in [0.2, 0.25) is 0 Å². The number of hydrogen-bond donors (Lipinski definition) is 2. The molecular weight excluding hydrogens is 266 g/mol. The standard InChI is InChI=1S/C15H19N5O/c1-2-13-18-14(15(21)17-10-11-8-16-9-11)19-20(13)12-6-4-3-5-7-12/h3-7,11,16H,2,8-10H2,1H3,(H,17,21). The first kappa shape index (κ1) is 13.8. The summed E-state index contributed by atoms with van der Waals surface area (Å²) in [5, 5.41) is 10.4. The zero-order valence-corrected chi connectivity index (χ0v) is 12.0. The molecule has 6 heteroatoms. The summed E-state index contributed by atoms with van der Waals surface area (Å²) in [7, 11) is 0. The number of aromatic nitrogens is 3. The number of hydrogen-bond acceptors (Lipinski definition) is 4. The molecule has 0 radical (unpaired) electrons. The number of nitrogens with zero attached hydrogens (tertiary/aromatic N) is 3. The van der Waals surface area contributed by atoms with Gasteiger partial charge in [0, 0.05) is 32.0 Å². The Hall–Kier alpha value is -2.21. The molecule has 110 valence electrons. The van der Waals surface area contributed by atoms with E-state index in [0.29, 0.717) is 12.5 Å². The predicted octanol–water partition coefficient (Wildman–Crippen LogP) is 0.779. The lowest BCUT2D eigenvalue weighted by Crippen LogP contribution is -2.48. The predicted molar refractivity (Wildman–Crippen MR) is 79.4 cm³/mol. The van der Waals surface area contributed by atoms with Crippen LogP contribution in [0.5, 0.6) is 0 Å². The number of rotatable bonds is 5. The van der Waals surface area contributed by atoms with Crippen LogP contribution in [-0.2, 0) is 6.42 Å². The highest BCUT2D eigenvalue weighted by Gasteiger charge is 2.20. The monoisotopic (exact) mass is 285 g/mol. The molecular formula is C15H19N5O. The van der Waals surface area contributed by atoms with Gasteiger partial charge >= 0.3 is 0 Å². The Morgan fingerprint density at radius 2 is 2.14 bits per heavy atom. The van der Waals surface area contributed by atoms with Gasteiger partial charge in [0.1, 0.15) is 5.82 Å². The topological polar surface area (TPSA) is 71.8 Å². The van der Waals surface area contributed by atoms with Gasteiger partial charge in [0.05, 0.1) is 5.69 Å². The van der Waals surface area contributed by atoms with Crippen molar-refractivity contribution in [2.24, 2.45) is 5.92 Å². The lowest BCUT2D eigenvalue weighted by molar-refractivity contribution is 0.0932. The summed E-state index contributed by atoms with van der Waals surface area (Å²) in [5.41, 5.74) is 0.920. The minimum atomic E-state index is -0.203. The maximum Gasteiger partial charge on any atom is 0.290 e. The van der Waals surface area contributed by atoms with Crippen molar-refractivity contribution >= 4 is 5.91 Å². The SMILES string of the molecule is CCc1nc(C(=O)NCC2CNC2)nn1-c1ccccc1. The van der Waals surface area contributed by atoms with Gasteiger partial charge in [0.2, 0.25) is 5.82 Å². The molecule has 2 heterocycles. The molecule has 2 aromatic rings.